The van der Waals surface area contributed by atoms with Crippen LogP contribution in [0, 0.1) is 5.82 Å². The number of hydrogen-bond donors (Lipinski definition) is 1. The lowest BCUT2D eigenvalue weighted by Crippen LogP contribution is -2.23. The highest BCUT2D eigenvalue weighted by molar-refractivity contribution is 5.21. The molecule has 0 spiro atoms. The molecule has 0 aliphatic carbocycles. The van der Waals surface area contributed by atoms with Crippen molar-refractivity contribution in [3.8, 4) is 5.75 Å². The van der Waals surface area contributed by atoms with Crippen LogP contribution in [-0.2, 0) is 0 Å². The quantitative estimate of drug-likeness (QED) is 0.745. The molecule has 0 unspecified atom stereocenters. The van der Waals surface area contributed by atoms with E-state index in [1.165, 1.54) is 12.1 Å². The minimum absolute atomic E-state index is 0.00458. The summed E-state index contributed by atoms with van der Waals surface area (Å²) in [6.07, 6.45) is 0. The van der Waals surface area contributed by atoms with Crippen molar-refractivity contribution in [2.75, 3.05) is 6.61 Å². The van der Waals surface area contributed by atoms with Gasteiger partial charge >= 0.3 is 0 Å². The average molecular weight is 169 g/mol. The average Bonchev–Trinajstić information content (AvgIpc) is 2.03. The van der Waals surface area contributed by atoms with Gasteiger partial charge in [0.1, 0.15) is 18.2 Å². The van der Waals surface area contributed by atoms with Gasteiger partial charge in [0.05, 0.1) is 0 Å². The summed E-state index contributed by atoms with van der Waals surface area (Å²) in [7, 11) is 0. The van der Waals surface area contributed by atoms with Gasteiger partial charge in [-0.1, -0.05) is 0 Å². The molecule has 0 fully saturated rings. The van der Waals surface area contributed by atoms with Crippen LogP contribution >= 0.6 is 0 Å². The van der Waals surface area contributed by atoms with E-state index in [-0.39, 0.29) is 11.9 Å². The standard InChI is InChI=1S/C9H12FNO/c1-7(11)6-12-9-4-2-8(10)3-5-9/h2-5,7H,6,11H2,1H3/t7-/m1/s1. The van der Waals surface area contributed by atoms with Gasteiger partial charge in [0.25, 0.3) is 0 Å². The van der Waals surface area contributed by atoms with Crippen molar-refractivity contribution in [2.45, 2.75) is 13.0 Å². The summed E-state index contributed by atoms with van der Waals surface area (Å²) >= 11 is 0. The summed E-state index contributed by atoms with van der Waals surface area (Å²) in [5, 5.41) is 0. The normalized spacial score (nSPS) is 12.6. The van der Waals surface area contributed by atoms with Crippen LogP contribution in [-0.4, -0.2) is 12.6 Å². The Kier molecular flexibility index (Phi) is 3.05. The van der Waals surface area contributed by atoms with Crippen LogP contribution < -0.4 is 10.5 Å². The molecular formula is C9H12FNO. The van der Waals surface area contributed by atoms with Crippen molar-refractivity contribution in [3.05, 3.63) is 30.1 Å². The van der Waals surface area contributed by atoms with E-state index in [0.29, 0.717) is 12.4 Å². The number of nitrogens with two attached hydrogens (primary N) is 1. The van der Waals surface area contributed by atoms with E-state index in [0.717, 1.165) is 0 Å². The molecule has 1 aromatic carbocycles. The second-order valence-corrected chi connectivity index (χ2v) is 2.74. The lowest BCUT2D eigenvalue weighted by Gasteiger charge is -2.07. The first-order valence-corrected chi connectivity index (χ1v) is 3.82. The van der Waals surface area contributed by atoms with Gasteiger partial charge in [-0.2, -0.15) is 0 Å². The van der Waals surface area contributed by atoms with Crippen LogP contribution in [0.15, 0.2) is 24.3 Å². The van der Waals surface area contributed by atoms with Crippen molar-refractivity contribution < 1.29 is 9.13 Å². The summed E-state index contributed by atoms with van der Waals surface area (Å²) in [6.45, 7) is 2.30. The van der Waals surface area contributed by atoms with Gasteiger partial charge in [0.15, 0.2) is 0 Å². The first-order valence-electron chi connectivity index (χ1n) is 3.82. The van der Waals surface area contributed by atoms with E-state index in [9.17, 15) is 4.39 Å². The Balaban J connectivity index is 2.48. The van der Waals surface area contributed by atoms with E-state index in [2.05, 4.69) is 0 Å². The molecule has 0 aliphatic rings. The molecule has 0 aliphatic heterocycles. The highest BCUT2D eigenvalue weighted by Gasteiger charge is 1.96. The first-order chi connectivity index (χ1) is 5.68. The van der Waals surface area contributed by atoms with E-state index in [1.54, 1.807) is 12.1 Å². The summed E-state index contributed by atoms with van der Waals surface area (Å²) in [4.78, 5) is 0. The van der Waals surface area contributed by atoms with Gasteiger partial charge in [-0.15, -0.1) is 0 Å². The molecule has 0 bridgehead atoms. The molecule has 0 heterocycles. The Bertz CT molecular complexity index is 233. The van der Waals surface area contributed by atoms with Gasteiger partial charge in [0, 0.05) is 6.04 Å². The molecule has 0 saturated carbocycles. The fraction of sp³-hybridized carbons (Fsp3) is 0.333. The molecule has 0 radical (unpaired) electrons. The topological polar surface area (TPSA) is 35.2 Å². The molecule has 1 rings (SSSR count). The second kappa shape index (κ2) is 4.07. The number of halogens is 1. The molecule has 0 amide bonds. The van der Waals surface area contributed by atoms with Gasteiger partial charge in [-0.05, 0) is 31.2 Å². The minimum atomic E-state index is -0.261. The van der Waals surface area contributed by atoms with Gasteiger partial charge < -0.3 is 10.5 Å². The zero-order valence-electron chi connectivity index (χ0n) is 6.96. The lowest BCUT2D eigenvalue weighted by atomic mass is 10.3. The Morgan fingerprint density at radius 1 is 1.42 bits per heavy atom. The molecule has 3 heteroatoms. The van der Waals surface area contributed by atoms with Gasteiger partial charge in [0.2, 0.25) is 0 Å². The molecule has 1 atom stereocenters. The lowest BCUT2D eigenvalue weighted by molar-refractivity contribution is 0.296. The van der Waals surface area contributed by atoms with Crippen LogP contribution in [0.25, 0.3) is 0 Å². The van der Waals surface area contributed by atoms with Crippen LogP contribution in [0.3, 0.4) is 0 Å². The van der Waals surface area contributed by atoms with Gasteiger partial charge in [-0.25, -0.2) is 4.39 Å². The zero-order chi connectivity index (χ0) is 8.97. The SMILES string of the molecule is C[C@@H](N)COc1ccc(F)cc1. The molecule has 66 valence electrons. The van der Waals surface area contributed by atoms with E-state index in [4.69, 9.17) is 10.5 Å². The number of hydrogen-bond acceptors (Lipinski definition) is 2. The fourth-order valence-electron chi connectivity index (χ4n) is 0.758. The van der Waals surface area contributed by atoms with E-state index < -0.39 is 0 Å². The smallest absolute Gasteiger partial charge is 0.123 e. The van der Waals surface area contributed by atoms with Crippen molar-refractivity contribution in [2.24, 2.45) is 5.73 Å². The third kappa shape index (κ3) is 2.88. The minimum Gasteiger partial charge on any atom is -0.492 e. The summed E-state index contributed by atoms with van der Waals surface area (Å²) in [6, 6.07) is 5.87. The zero-order valence-corrected chi connectivity index (χ0v) is 6.96. The highest BCUT2D eigenvalue weighted by atomic mass is 19.1. The molecular weight excluding hydrogens is 157 g/mol. The number of rotatable bonds is 3. The predicted octanol–water partition coefficient (Wildman–Crippen LogP) is 1.55. The Hall–Kier alpha value is -1.09. The highest BCUT2D eigenvalue weighted by Crippen LogP contribution is 2.10. The number of benzene rings is 1. The Morgan fingerprint density at radius 2 is 2.00 bits per heavy atom. The molecule has 0 aromatic heterocycles. The fourth-order valence-corrected chi connectivity index (χ4v) is 0.758. The van der Waals surface area contributed by atoms with Crippen LogP contribution in [0.2, 0.25) is 0 Å². The summed E-state index contributed by atoms with van der Waals surface area (Å²) < 4.78 is 17.6. The van der Waals surface area contributed by atoms with Crippen molar-refractivity contribution in [3.63, 3.8) is 0 Å². The molecule has 12 heavy (non-hydrogen) atoms. The molecule has 2 N–H and O–H groups in total. The summed E-state index contributed by atoms with van der Waals surface area (Å²) in [5.41, 5.74) is 5.47. The maximum atomic E-state index is 12.4. The molecule has 0 saturated heterocycles. The Morgan fingerprint density at radius 3 is 2.50 bits per heavy atom. The van der Waals surface area contributed by atoms with Crippen LogP contribution in [0.4, 0.5) is 4.39 Å². The van der Waals surface area contributed by atoms with E-state index >= 15 is 0 Å². The number of ether oxygens (including phenoxy) is 1. The van der Waals surface area contributed by atoms with Crippen molar-refractivity contribution in [1.82, 2.24) is 0 Å². The Labute approximate surface area is 71.1 Å². The molecule has 2 nitrogen and oxygen atoms in total. The largest absolute Gasteiger partial charge is 0.492 e. The maximum Gasteiger partial charge on any atom is 0.123 e. The van der Waals surface area contributed by atoms with Crippen molar-refractivity contribution >= 4 is 0 Å². The maximum absolute atomic E-state index is 12.4. The van der Waals surface area contributed by atoms with Gasteiger partial charge in [-0.3, -0.25) is 0 Å². The monoisotopic (exact) mass is 169 g/mol. The molecule has 1 aromatic rings. The second-order valence-electron chi connectivity index (χ2n) is 2.74. The van der Waals surface area contributed by atoms with Crippen molar-refractivity contribution in [1.29, 1.82) is 0 Å². The van der Waals surface area contributed by atoms with Crippen LogP contribution in [0.5, 0.6) is 5.75 Å². The first kappa shape index (κ1) is 9.00. The third-order valence-corrected chi connectivity index (χ3v) is 1.33. The third-order valence-electron chi connectivity index (χ3n) is 1.33. The summed E-state index contributed by atoms with van der Waals surface area (Å²) in [5.74, 6) is 0.386. The van der Waals surface area contributed by atoms with Crippen LogP contribution in [0.1, 0.15) is 6.92 Å². The van der Waals surface area contributed by atoms with E-state index in [1.807, 2.05) is 6.92 Å². The predicted molar refractivity (Wildman–Crippen MR) is 45.5 cm³/mol.